The molecule has 0 saturated heterocycles. The number of methoxy groups -OCH3 is 4. The van der Waals surface area contributed by atoms with Crippen LogP contribution in [0, 0.1) is 0 Å². The third-order valence-electron chi connectivity index (χ3n) is 1.80. The molecule has 0 aromatic heterocycles. The van der Waals surface area contributed by atoms with Gasteiger partial charge in [-0.05, 0) is 0 Å². The average Bonchev–Trinajstić information content (AvgIpc) is 2.19. The van der Waals surface area contributed by atoms with E-state index in [0.717, 1.165) is 0 Å². The Morgan fingerprint density at radius 2 is 0.867 bits per heavy atom. The first-order valence-corrected chi connectivity index (χ1v) is 4.89. The van der Waals surface area contributed by atoms with Crippen LogP contribution in [0.3, 0.4) is 0 Å². The van der Waals surface area contributed by atoms with Crippen LogP contribution in [0.15, 0.2) is 0 Å². The zero-order valence-corrected chi connectivity index (χ0v) is 10.0. The van der Waals surface area contributed by atoms with Crippen LogP contribution < -0.4 is 0 Å². The summed E-state index contributed by atoms with van der Waals surface area (Å²) < 4.78 is 25.8. The molecule has 0 radical (unpaired) electrons. The number of hydrogen-bond acceptors (Lipinski definition) is 5. The van der Waals surface area contributed by atoms with E-state index in [1.54, 1.807) is 28.4 Å². The molecule has 0 bridgehead atoms. The van der Waals surface area contributed by atoms with Crippen LogP contribution >= 0.6 is 0 Å². The molecule has 0 aromatic rings. The van der Waals surface area contributed by atoms with Gasteiger partial charge in [-0.1, -0.05) is 0 Å². The quantitative estimate of drug-likeness (QED) is 0.533. The van der Waals surface area contributed by atoms with Gasteiger partial charge in [0.25, 0.3) is 0 Å². The molecule has 5 heteroatoms. The van der Waals surface area contributed by atoms with Gasteiger partial charge in [0.15, 0.2) is 0 Å². The first-order chi connectivity index (χ1) is 7.28. The van der Waals surface area contributed by atoms with Gasteiger partial charge in [0.05, 0.1) is 26.4 Å². The SMILES string of the molecule is COCC(COC)OC(COC)COC. The van der Waals surface area contributed by atoms with Crippen LogP contribution in [0.1, 0.15) is 0 Å². The maximum atomic E-state index is 5.71. The molecule has 0 aromatic carbocycles. The maximum Gasteiger partial charge on any atom is 0.105 e. The Bertz CT molecular complexity index is 105. The highest BCUT2D eigenvalue weighted by atomic mass is 16.6. The molecule has 0 fully saturated rings. The Labute approximate surface area is 91.6 Å². The van der Waals surface area contributed by atoms with E-state index in [-0.39, 0.29) is 12.2 Å². The smallest absolute Gasteiger partial charge is 0.105 e. The van der Waals surface area contributed by atoms with Crippen molar-refractivity contribution in [2.24, 2.45) is 0 Å². The maximum absolute atomic E-state index is 5.71. The minimum absolute atomic E-state index is 0.0877. The molecule has 0 aliphatic carbocycles. The molecule has 0 heterocycles. The molecule has 15 heavy (non-hydrogen) atoms. The van der Waals surface area contributed by atoms with Crippen molar-refractivity contribution >= 4 is 0 Å². The fourth-order valence-electron chi connectivity index (χ4n) is 1.27. The van der Waals surface area contributed by atoms with Crippen LogP contribution in [0.25, 0.3) is 0 Å². The average molecular weight is 222 g/mol. The summed E-state index contributed by atoms with van der Waals surface area (Å²) in [5.74, 6) is 0. The van der Waals surface area contributed by atoms with Crippen molar-refractivity contribution in [3.05, 3.63) is 0 Å². The molecule has 92 valence electrons. The van der Waals surface area contributed by atoms with Gasteiger partial charge in [-0.3, -0.25) is 0 Å². The summed E-state index contributed by atoms with van der Waals surface area (Å²) in [4.78, 5) is 0. The first-order valence-electron chi connectivity index (χ1n) is 4.89. The lowest BCUT2D eigenvalue weighted by molar-refractivity contribution is -0.114. The van der Waals surface area contributed by atoms with E-state index in [2.05, 4.69) is 0 Å². The van der Waals surface area contributed by atoms with Crippen LogP contribution in [-0.2, 0) is 23.7 Å². The van der Waals surface area contributed by atoms with Gasteiger partial charge in [-0.2, -0.15) is 0 Å². The Balaban J connectivity index is 3.93. The first kappa shape index (κ1) is 14.8. The molecular weight excluding hydrogens is 200 g/mol. The minimum atomic E-state index is -0.0877. The van der Waals surface area contributed by atoms with Crippen LogP contribution in [0.2, 0.25) is 0 Å². The van der Waals surface area contributed by atoms with Crippen LogP contribution in [0.4, 0.5) is 0 Å². The highest BCUT2D eigenvalue weighted by molar-refractivity contribution is 4.62. The summed E-state index contributed by atoms with van der Waals surface area (Å²) in [5, 5.41) is 0. The van der Waals surface area contributed by atoms with Gasteiger partial charge in [0.2, 0.25) is 0 Å². The van der Waals surface area contributed by atoms with Crippen molar-refractivity contribution in [2.75, 3.05) is 54.9 Å². The predicted molar refractivity (Wildman–Crippen MR) is 56.2 cm³/mol. The molecule has 0 spiro atoms. The van der Waals surface area contributed by atoms with Crippen molar-refractivity contribution < 1.29 is 23.7 Å². The Hall–Kier alpha value is -0.200. The Morgan fingerprint density at radius 1 is 0.600 bits per heavy atom. The Morgan fingerprint density at radius 3 is 1.07 bits per heavy atom. The van der Waals surface area contributed by atoms with Gasteiger partial charge in [-0.25, -0.2) is 0 Å². The molecule has 0 aliphatic rings. The third kappa shape index (κ3) is 7.70. The van der Waals surface area contributed by atoms with Gasteiger partial charge < -0.3 is 23.7 Å². The predicted octanol–water partition coefficient (Wildman–Crippen LogP) is 0.326. The normalized spacial score (nSPS) is 11.6. The van der Waals surface area contributed by atoms with Crippen molar-refractivity contribution in [3.63, 3.8) is 0 Å². The molecule has 0 aliphatic heterocycles. The zero-order valence-electron chi connectivity index (χ0n) is 10.0. The summed E-state index contributed by atoms with van der Waals surface area (Å²) in [7, 11) is 6.53. The minimum Gasteiger partial charge on any atom is -0.382 e. The molecule has 0 N–H and O–H groups in total. The molecule has 0 rings (SSSR count). The van der Waals surface area contributed by atoms with Crippen LogP contribution in [-0.4, -0.2) is 67.1 Å². The number of hydrogen-bond donors (Lipinski definition) is 0. The summed E-state index contributed by atoms with van der Waals surface area (Å²) >= 11 is 0. The van der Waals surface area contributed by atoms with Crippen molar-refractivity contribution in [1.82, 2.24) is 0 Å². The summed E-state index contributed by atoms with van der Waals surface area (Å²) in [5.41, 5.74) is 0. The van der Waals surface area contributed by atoms with E-state index in [1.165, 1.54) is 0 Å². The second-order valence-electron chi connectivity index (χ2n) is 3.20. The van der Waals surface area contributed by atoms with E-state index < -0.39 is 0 Å². The number of rotatable bonds is 10. The van der Waals surface area contributed by atoms with Gasteiger partial charge in [0, 0.05) is 28.4 Å². The molecular formula is C10H22O5. The van der Waals surface area contributed by atoms with Gasteiger partial charge >= 0.3 is 0 Å². The Kier molecular flexibility index (Phi) is 10.2. The molecule has 0 atom stereocenters. The topological polar surface area (TPSA) is 46.2 Å². The van der Waals surface area contributed by atoms with Gasteiger partial charge in [0.1, 0.15) is 12.2 Å². The van der Waals surface area contributed by atoms with E-state index in [4.69, 9.17) is 23.7 Å². The standard InChI is InChI=1S/C10H22O5/c1-11-5-9(6-12-2)15-10(7-13-3)8-14-4/h9-10H,5-8H2,1-4H3. The van der Waals surface area contributed by atoms with E-state index in [1.807, 2.05) is 0 Å². The van der Waals surface area contributed by atoms with E-state index in [9.17, 15) is 0 Å². The van der Waals surface area contributed by atoms with Crippen molar-refractivity contribution in [2.45, 2.75) is 12.2 Å². The lowest BCUT2D eigenvalue weighted by atomic mass is 10.3. The largest absolute Gasteiger partial charge is 0.382 e. The summed E-state index contributed by atoms with van der Waals surface area (Å²) in [6.07, 6.45) is -0.175. The van der Waals surface area contributed by atoms with Gasteiger partial charge in [-0.15, -0.1) is 0 Å². The lowest BCUT2D eigenvalue weighted by Gasteiger charge is -2.23. The molecule has 0 saturated carbocycles. The van der Waals surface area contributed by atoms with Crippen molar-refractivity contribution in [1.29, 1.82) is 0 Å². The second-order valence-corrected chi connectivity index (χ2v) is 3.20. The van der Waals surface area contributed by atoms with Crippen LogP contribution in [0.5, 0.6) is 0 Å². The van der Waals surface area contributed by atoms with E-state index in [0.29, 0.717) is 26.4 Å². The monoisotopic (exact) mass is 222 g/mol. The van der Waals surface area contributed by atoms with E-state index >= 15 is 0 Å². The lowest BCUT2D eigenvalue weighted by Crippen LogP contribution is -2.34. The third-order valence-corrected chi connectivity index (χ3v) is 1.80. The summed E-state index contributed by atoms with van der Waals surface area (Å²) in [6.45, 7) is 1.99. The number of ether oxygens (including phenoxy) is 5. The summed E-state index contributed by atoms with van der Waals surface area (Å²) in [6, 6.07) is 0. The molecule has 5 nitrogen and oxygen atoms in total. The fourth-order valence-corrected chi connectivity index (χ4v) is 1.27. The molecule has 0 amide bonds. The highest BCUT2D eigenvalue weighted by Crippen LogP contribution is 2.02. The molecule has 0 unspecified atom stereocenters. The fraction of sp³-hybridized carbons (Fsp3) is 1.00. The zero-order chi connectivity index (χ0) is 11.5. The second kappa shape index (κ2) is 10.3. The van der Waals surface area contributed by atoms with Crippen molar-refractivity contribution in [3.8, 4) is 0 Å². The highest BCUT2D eigenvalue weighted by Gasteiger charge is 2.16.